The number of aromatic amines is 1. The summed E-state index contributed by atoms with van der Waals surface area (Å²) in [6.45, 7) is 7.30. The summed E-state index contributed by atoms with van der Waals surface area (Å²) in [5, 5.41) is 9.31. The van der Waals surface area contributed by atoms with Gasteiger partial charge in [0.15, 0.2) is 12.3 Å². The van der Waals surface area contributed by atoms with Crippen molar-refractivity contribution in [1.82, 2.24) is 15.5 Å². The lowest BCUT2D eigenvalue weighted by Crippen LogP contribution is -2.34. The van der Waals surface area contributed by atoms with Crippen molar-refractivity contribution in [2.75, 3.05) is 6.61 Å². The maximum Gasteiger partial charge on any atom is 0.360 e. The van der Waals surface area contributed by atoms with Crippen molar-refractivity contribution >= 4 is 27.8 Å². The molecule has 0 bridgehead atoms. The van der Waals surface area contributed by atoms with E-state index >= 15 is 0 Å². The van der Waals surface area contributed by atoms with E-state index in [2.05, 4.69) is 31.4 Å². The number of amides is 1. The van der Waals surface area contributed by atoms with Crippen molar-refractivity contribution in [1.29, 1.82) is 0 Å². The van der Waals surface area contributed by atoms with Gasteiger partial charge in [0.25, 0.3) is 5.91 Å². The van der Waals surface area contributed by atoms with E-state index in [0.29, 0.717) is 4.47 Å². The third-order valence-corrected chi connectivity index (χ3v) is 3.09. The largest absolute Gasteiger partial charge is 0.451 e. The summed E-state index contributed by atoms with van der Waals surface area (Å²) in [7, 11) is 0. The van der Waals surface area contributed by atoms with Gasteiger partial charge in [-0.05, 0) is 35.7 Å². The van der Waals surface area contributed by atoms with E-state index in [1.54, 1.807) is 0 Å². The van der Waals surface area contributed by atoms with E-state index in [1.165, 1.54) is 0 Å². The maximum absolute atomic E-state index is 11.8. The van der Waals surface area contributed by atoms with Gasteiger partial charge in [-0.3, -0.25) is 9.89 Å². The van der Waals surface area contributed by atoms with Crippen molar-refractivity contribution in [2.45, 2.75) is 39.7 Å². The average Bonchev–Trinajstić information content (AvgIpc) is 2.67. The second-order valence-corrected chi connectivity index (χ2v) is 5.55. The Bertz CT molecular complexity index is 469. The number of H-pyrrole nitrogens is 1. The number of carbonyl (C=O) groups is 2. The second-order valence-electron chi connectivity index (χ2n) is 4.75. The summed E-state index contributed by atoms with van der Waals surface area (Å²) in [6.07, 6.45) is 0. The number of nitrogens with zero attached hydrogens (tertiary/aromatic N) is 1. The molecule has 1 heterocycles. The molecule has 1 amide bonds. The molecule has 6 nitrogen and oxygen atoms in total. The molecular formula is C12H18BrN3O3. The van der Waals surface area contributed by atoms with Crippen LogP contribution in [0.25, 0.3) is 0 Å². The third kappa shape index (κ3) is 4.34. The van der Waals surface area contributed by atoms with Gasteiger partial charge in [0.2, 0.25) is 0 Å². The quantitative estimate of drug-likeness (QED) is 0.808. The number of esters is 1. The number of rotatable bonds is 5. The van der Waals surface area contributed by atoms with E-state index in [9.17, 15) is 9.59 Å². The first kappa shape index (κ1) is 15.7. The minimum atomic E-state index is -0.631. The molecule has 0 aliphatic heterocycles. The Hall–Kier alpha value is -1.37. The Morgan fingerprint density at radius 1 is 1.37 bits per heavy atom. The van der Waals surface area contributed by atoms with Gasteiger partial charge in [-0.1, -0.05) is 13.8 Å². The number of carbonyl (C=O) groups excluding carboxylic acids is 2. The molecule has 0 saturated carbocycles. The van der Waals surface area contributed by atoms with Gasteiger partial charge in [0, 0.05) is 6.04 Å². The molecule has 0 unspecified atom stereocenters. The summed E-state index contributed by atoms with van der Waals surface area (Å²) >= 11 is 3.30. The fraction of sp³-hybridized carbons (Fsp3) is 0.583. The second kappa shape index (κ2) is 6.70. The molecule has 1 rings (SSSR count). The normalized spacial score (nSPS) is 10.9. The van der Waals surface area contributed by atoms with Gasteiger partial charge in [0.05, 0.1) is 10.2 Å². The van der Waals surface area contributed by atoms with Gasteiger partial charge in [-0.15, -0.1) is 0 Å². The van der Waals surface area contributed by atoms with Gasteiger partial charge >= 0.3 is 5.97 Å². The van der Waals surface area contributed by atoms with Crippen LogP contribution in [0, 0.1) is 0 Å². The first-order chi connectivity index (χ1) is 8.82. The highest BCUT2D eigenvalue weighted by molar-refractivity contribution is 9.10. The number of aromatic nitrogens is 2. The average molecular weight is 332 g/mol. The van der Waals surface area contributed by atoms with E-state index in [0.717, 1.165) is 5.69 Å². The van der Waals surface area contributed by atoms with Crippen LogP contribution in [-0.2, 0) is 9.53 Å². The molecule has 1 aromatic heterocycles. The molecule has 0 aliphatic rings. The minimum absolute atomic E-state index is 0.0101. The van der Waals surface area contributed by atoms with Crippen molar-refractivity contribution in [2.24, 2.45) is 0 Å². The van der Waals surface area contributed by atoms with Crippen LogP contribution in [0.2, 0.25) is 0 Å². The fourth-order valence-corrected chi connectivity index (χ4v) is 2.22. The monoisotopic (exact) mass is 331 g/mol. The van der Waals surface area contributed by atoms with Crippen LogP contribution in [0.15, 0.2) is 4.47 Å². The van der Waals surface area contributed by atoms with Crippen LogP contribution < -0.4 is 5.32 Å². The van der Waals surface area contributed by atoms with Crippen LogP contribution in [-0.4, -0.2) is 34.7 Å². The fourth-order valence-electron chi connectivity index (χ4n) is 1.42. The lowest BCUT2D eigenvalue weighted by atomic mass is 10.1. The lowest BCUT2D eigenvalue weighted by Gasteiger charge is -2.08. The molecule has 0 radical (unpaired) electrons. The SMILES string of the molecule is CC(C)NC(=O)COC(=O)c1n[nH]c(C(C)C)c1Br. The van der Waals surface area contributed by atoms with Crippen LogP contribution in [0.4, 0.5) is 0 Å². The first-order valence-electron chi connectivity index (χ1n) is 6.03. The minimum Gasteiger partial charge on any atom is -0.451 e. The Balaban J connectivity index is 2.62. The standard InChI is InChI=1S/C12H18BrN3O3/c1-6(2)10-9(13)11(16-15-10)12(18)19-5-8(17)14-7(3)4/h6-7H,5H2,1-4H3,(H,14,17)(H,15,16). The summed E-state index contributed by atoms with van der Waals surface area (Å²) in [5.74, 6) is -0.763. The zero-order chi connectivity index (χ0) is 14.6. The predicted molar refractivity (Wildman–Crippen MR) is 73.9 cm³/mol. The maximum atomic E-state index is 11.8. The molecule has 0 aromatic carbocycles. The van der Waals surface area contributed by atoms with Crippen molar-refractivity contribution in [3.63, 3.8) is 0 Å². The van der Waals surface area contributed by atoms with Gasteiger partial charge in [-0.2, -0.15) is 5.10 Å². The lowest BCUT2D eigenvalue weighted by molar-refractivity contribution is -0.124. The molecule has 19 heavy (non-hydrogen) atoms. The highest BCUT2D eigenvalue weighted by atomic mass is 79.9. The molecule has 1 aromatic rings. The Morgan fingerprint density at radius 3 is 2.47 bits per heavy atom. The van der Waals surface area contributed by atoms with Crippen LogP contribution in [0.5, 0.6) is 0 Å². The Kier molecular flexibility index (Phi) is 5.53. The molecule has 106 valence electrons. The van der Waals surface area contributed by atoms with Crippen LogP contribution in [0.3, 0.4) is 0 Å². The topological polar surface area (TPSA) is 84.1 Å². The molecular weight excluding hydrogens is 314 g/mol. The first-order valence-corrected chi connectivity index (χ1v) is 6.82. The molecule has 0 aliphatic carbocycles. The molecule has 7 heteroatoms. The van der Waals surface area contributed by atoms with E-state index in [1.807, 2.05) is 27.7 Å². The van der Waals surface area contributed by atoms with Gasteiger partial charge in [-0.25, -0.2) is 4.79 Å². The number of hydrogen-bond acceptors (Lipinski definition) is 4. The molecule has 0 saturated heterocycles. The van der Waals surface area contributed by atoms with Crippen molar-refractivity contribution in [3.8, 4) is 0 Å². The van der Waals surface area contributed by atoms with Crippen LogP contribution >= 0.6 is 15.9 Å². The summed E-state index contributed by atoms with van der Waals surface area (Å²) < 4.78 is 5.48. The highest BCUT2D eigenvalue weighted by Crippen LogP contribution is 2.25. The van der Waals surface area contributed by atoms with Crippen LogP contribution in [0.1, 0.15) is 49.8 Å². The third-order valence-electron chi connectivity index (χ3n) is 2.29. The summed E-state index contributed by atoms with van der Waals surface area (Å²) in [5.41, 5.74) is 0.972. The van der Waals surface area contributed by atoms with E-state index < -0.39 is 5.97 Å². The van der Waals surface area contributed by atoms with Crippen molar-refractivity contribution in [3.05, 3.63) is 15.9 Å². The smallest absolute Gasteiger partial charge is 0.360 e. The zero-order valence-electron chi connectivity index (χ0n) is 11.4. The number of ether oxygens (including phenoxy) is 1. The molecule has 0 fully saturated rings. The number of nitrogens with one attached hydrogen (secondary N) is 2. The zero-order valence-corrected chi connectivity index (χ0v) is 13.0. The summed E-state index contributed by atoms with van der Waals surface area (Å²) in [6, 6.07) is 0.0101. The summed E-state index contributed by atoms with van der Waals surface area (Å²) in [4.78, 5) is 23.1. The Morgan fingerprint density at radius 2 is 2.00 bits per heavy atom. The molecule has 2 N–H and O–H groups in total. The van der Waals surface area contributed by atoms with E-state index in [-0.39, 0.29) is 30.2 Å². The predicted octanol–water partition coefficient (Wildman–Crippen LogP) is 1.98. The van der Waals surface area contributed by atoms with Crippen molar-refractivity contribution < 1.29 is 14.3 Å². The van der Waals surface area contributed by atoms with E-state index in [4.69, 9.17) is 4.74 Å². The Labute approximate surface area is 120 Å². The number of halogens is 1. The molecule has 0 spiro atoms. The van der Waals surface area contributed by atoms with Gasteiger partial charge in [0.1, 0.15) is 0 Å². The van der Waals surface area contributed by atoms with Gasteiger partial charge < -0.3 is 10.1 Å². The molecule has 0 atom stereocenters. The number of hydrogen-bond donors (Lipinski definition) is 2. The highest BCUT2D eigenvalue weighted by Gasteiger charge is 2.21.